The van der Waals surface area contributed by atoms with E-state index in [-0.39, 0.29) is 0 Å². The molecule has 0 atom stereocenters. The lowest BCUT2D eigenvalue weighted by molar-refractivity contribution is 1.50. The van der Waals surface area contributed by atoms with Crippen LogP contribution in [0.5, 0.6) is 0 Å². The monoisotopic (exact) mass is 276 g/mol. The molecule has 0 saturated carbocycles. The van der Waals surface area contributed by atoms with Gasteiger partial charge in [0.1, 0.15) is 0 Å². The van der Waals surface area contributed by atoms with Crippen LogP contribution in [0.1, 0.15) is 33.3 Å². The van der Waals surface area contributed by atoms with Gasteiger partial charge in [-0.2, -0.15) is 0 Å². The zero-order chi connectivity index (χ0) is 15.7. The van der Waals surface area contributed by atoms with Crippen molar-refractivity contribution in [2.45, 2.75) is 27.7 Å². The van der Waals surface area contributed by atoms with Crippen molar-refractivity contribution in [3.63, 3.8) is 0 Å². The maximum Gasteiger partial charge on any atom is -0.0133 e. The maximum atomic E-state index is 3.61. The van der Waals surface area contributed by atoms with Crippen LogP contribution < -0.4 is 0 Å². The Bertz CT molecular complexity index is 744. The van der Waals surface area contributed by atoms with Crippen LogP contribution in [0.25, 0.3) is 27.6 Å². The summed E-state index contributed by atoms with van der Waals surface area (Å²) in [4.78, 5) is 0. The Morgan fingerprint density at radius 3 is 1.81 bits per heavy atom. The zero-order valence-corrected chi connectivity index (χ0v) is 13.5. The average Bonchev–Trinajstić information content (AvgIpc) is 2.57. The van der Waals surface area contributed by atoms with Gasteiger partial charge < -0.3 is 0 Å². The lowest BCUT2D eigenvalue weighted by atomic mass is 10.0. The van der Waals surface area contributed by atoms with E-state index < -0.39 is 0 Å². The van der Waals surface area contributed by atoms with Gasteiger partial charge in [0.2, 0.25) is 0 Å². The molecule has 0 bridgehead atoms. The lowest BCUT2D eigenvalue weighted by Crippen LogP contribution is -1.77. The molecule has 0 heteroatoms. The van der Waals surface area contributed by atoms with Crippen LogP contribution in [0.15, 0.2) is 66.9 Å². The van der Waals surface area contributed by atoms with Crippen LogP contribution in [-0.2, 0) is 0 Å². The molecule has 0 aliphatic heterocycles. The van der Waals surface area contributed by atoms with E-state index in [2.05, 4.69) is 66.9 Å². The minimum Gasteiger partial charge on any atom is -0.128 e. The zero-order valence-electron chi connectivity index (χ0n) is 13.5. The Morgan fingerprint density at radius 1 is 0.714 bits per heavy atom. The van der Waals surface area contributed by atoms with Crippen molar-refractivity contribution in [3.8, 4) is 0 Å². The van der Waals surface area contributed by atoms with Crippen molar-refractivity contribution < 1.29 is 0 Å². The topological polar surface area (TPSA) is 0 Å². The third-order valence-corrected chi connectivity index (χ3v) is 3.00. The van der Waals surface area contributed by atoms with Gasteiger partial charge in [-0.25, -0.2) is 0 Å². The minimum absolute atomic E-state index is 1.14. The summed E-state index contributed by atoms with van der Waals surface area (Å²) < 4.78 is 0. The maximum absolute atomic E-state index is 3.61. The van der Waals surface area contributed by atoms with E-state index in [0.717, 1.165) is 5.56 Å². The van der Waals surface area contributed by atoms with Crippen LogP contribution >= 0.6 is 0 Å². The van der Waals surface area contributed by atoms with Gasteiger partial charge in [-0.05, 0) is 51.4 Å². The van der Waals surface area contributed by atoms with Crippen LogP contribution in [0.4, 0.5) is 0 Å². The summed E-state index contributed by atoms with van der Waals surface area (Å²) in [5, 5.41) is 5.09. The summed E-state index contributed by atoms with van der Waals surface area (Å²) in [5.74, 6) is 0. The van der Waals surface area contributed by atoms with Gasteiger partial charge in [-0.3, -0.25) is 0 Å². The first-order valence-electron chi connectivity index (χ1n) is 7.65. The first-order valence-corrected chi connectivity index (χ1v) is 7.65. The molecule has 0 spiro atoms. The molecular weight excluding hydrogens is 252 g/mol. The van der Waals surface area contributed by atoms with Crippen molar-refractivity contribution in [1.82, 2.24) is 0 Å². The molecular formula is C21H24. The molecule has 0 aliphatic rings. The van der Waals surface area contributed by atoms with Gasteiger partial charge in [-0.15, -0.1) is 5.73 Å². The fraction of sp³-hybridized carbons (Fsp3) is 0.190. The summed E-state index contributed by atoms with van der Waals surface area (Å²) in [6.07, 6.45) is 1.90. The predicted molar refractivity (Wildman–Crippen MR) is 97.8 cm³/mol. The Kier molecular flexibility index (Phi) is 7.01. The summed E-state index contributed by atoms with van der Waals surface area (Å²) in [7, 11) is 0. The van der Waals surface area contributed by atoms with Crippen molar-refractivity contribution in [2.75, 3.05) is 0 Å². The number of rotatable bonds is 1. The minimum atomic E-state index is 1.14. The quantitative estimate of drug-likeness (QED) is 0.337. The predicted octanol–water partition coefficient (Wildman–Crippen LogP) is 6.84. The van der Waals surface area contributed by atoms with E-state index >= 15 is 0 Å². The third-order valence-electron chi connectivity index (χ3n) is 3.00. The molecule has 0 aliphatic carbocycles. The van der Waals surface area contributed by atoms with E-state index in [0.29, 0.717) is 0 Å². The molecule has 0 aromatic heterocycles. The Labute approximate surface area is 128 Å². The van der Waals surface area contributed by atoms with Crippen LogP contribution in [0.3, 0.4) is 0 Å². The molecule has 0 radical (unpaired) electrons. The van der Waals surface area contributed by atoms with E-state index in [1.165, 1.54) is 21.5 Å². The smallest absolute Gasteiger partial charge is 0.0133 e. The Balaban J connectivity index is 0.000000510. The average molecular weight is 276 g/mol. The van der Waals surface area contributed by atoms with E-state index in [4.69, 9.17) is 0 Å². The molecule has 0 heterocycles. The first-order chi connectivity index (χ1) is 10.4. The molecule has 3 aromatic rings. The van der Waals surface area contributed by atoms with Crippen molar-refractivity contribution in [1.29, 1.82) is 0 Å². The van der Waals surface area contributed by atoms with Gasteiger partial charge in [0.15, 0.2) is 0 Å². The van der Waals surface area contributed by atoms with Crippen LogP contribution in [0, 0.1) is 0 Å². The highest BCUT2D eigenvalue weighted by atomic mass is 14.0. The van der Waals surface area contributed by atoms with Crippen molar-refractivity contribution in [2.24, 2.45) is 0 Å². The molecule has 0 N–H and O–H groups in total. The van der Waals surface area contributed by atoms with Gasteiger partial charge in [0, 0.05) is 0 Å². The van der Waals surface area contributed by atoms with Crippen molar-refractivity contribution in [3.05, 3.63) is 72.5 Å². The molecule has 3 aromatic carbocycles. The second-order valence-corrected chi connectivity index (χ2v) is 4.15. The summed E-state index contributed by atoms with van der Waals surface area (Å²) in [6.45, 7) is 11.6. The SMILES string of the molecule is C=C=Cc1ccc2cc3ccccc3cc2c1.CC.CC. The van der Waals surface area contributed by atoms with E-state index in [1.54, 1.807) is 0 Å². The fourth-order valence-electron chi connectivity index (χ4n) is 2.17. The summed E-state index contributed by atoms with van der Waals surface area (Å²) in [6, 6.07) is 19.3. The Hall–Kier alpha value is -2.30. The molecule has 21 heavy (non-hydrogen) atoms. The normalized spacial score (nSPS) is 8.95. The second kappa shape index (κ2) is 8.79. The van der Waals surface area contributed by atoms with Gasteiger partial charge >= 0.3 is 0 Å². The highest BCUT2D eigenvalue weighted by molar-refractivity contribution is 5.98. The number of hydrogen-bond acceptors (Lipinski definition) is 0. The Morgan fingerprint density at radius 2 is 1.24 bits per heavy atom. The van der Waals surface area contributed by atoms with Gasteiger partial charge in [0.25, 0.3) is 0 Å². The van der Waals surface area contributed by atoms with Crippen LogP contribution in [-0.4, -0.2) is 0 Å². The molecule has 0 nitrogen and oxygen atoms in total. The molecule has 108 valence electrons. The largest absolute Gasteiger partial charge is 0.128 e. The second-order valence-electron chi connectivity index (χ2n) is 4.15. The highest BCUT2D eigenvalue weighted by Crippen LogP contribution is 2.23. The van der Waals surface area contributed by atoms with Gasteiger partial charge in [-0.1, -0.05) is 70.7 Å². The number of hydrogen-bond donors (Lipinski definition) is 0. The molecule has 0 unspecified atom stereocenters. The van der Waals surface area contributed by atoms with E-state index in [9.17, 15) is 0 Å². The highest BCUT2D eigenvalue weighted by Gasteiger charge is 1.98. The molecule has 0 amide bonds. The number of fused-ring (bicyclic) bond motifs is 2. The fourth-order valence-corrected chi connectivity index (χ4v) is 2.17. The summed E-state index contributed by atoms with van der Waals surface area (Å²) >= 11 is 0. The first kappa shape index (κ1) is 16.8. The molecule has 0 saturated heterocycles. The summed E-state index contributed by atoms with van der Waals surface area (Å²) in [5.41, 5.74) is 3.95. The van der Waals surface area contributed by atoms with Crippen molar-refractivity contribution >= 4 is 27.6 Å². The number of benzene rings is 3. The molecule has 3 rings (SSSR count). The lowest BCUT2D eigenvalue weighted by Gasteiger charge is -2.03. The van der Waals surface area contributed by atoms with Gasteiger partial charge in [0.05, 0.1) is 0 Å². The standard InChI is InChI=1S/C17H12.2C2H6/c1-2-5-13-8-9-16-11-14-6-3-4-7-15(14)12-17(16)10-13;2*1-2/h3-12H,1H2;2*1-2H3. The van der Waals surface area contributed by atoms with Crippen LogP contribution in [0.2, 0.25) is 0 Å². The third kappa shape index (κ3) is 4.08. The molecule has 0 fully saturated rings. The van der Waals surface area contributed by atoms with E-state index in [1.807, 2.05) is 33.8 Å².